The lowest BCUT2D eigenvalue weighted by molar-refractivity contribution is -0.130. The molecule has 1 atom stereocenters. The smallest absolute Gasteiger partial charge is 0.226 e. The van der Waals surface area contributed by atoms with E-state index in [0.717, 1.165) is 32.5 Å². The zero-order chi connectivity index (χ0) is 19.4. The van der Waals surface area contributed by atoms with Gasteiger partial charge in [0.2, 0.25) is 11.8 Å². The van der Waals surface area contributed by atoms with Gasteiger partial charge in [-0.15, -0.1) is 11.3 Å². The van der Waals surface area contributed by atoms with Gasteiger partial charge in [-0.05, 0) is 36.3 Å². The molecule has 3 rings (SSSR count). The van der Waals surface area contributed by atoms with Crippen LogP contribution in [0, 0.1) is 12.8 Å². The molecule has 27 heavy (non-hydrogen) atoms. The van der Waals surface area contributed by atoms with Crippen LogP contribution in [0.1, 0.15) is 49.3 Å². The minimum Gasteiger partial charge on any atom is -0.339 e. The molecule has 1 aliphatic rings. The van der Waals surface area contributed by atoms with Crippen molar-refractivity contribution in [3.8, 4) is 0 Å². The van der Waals surface area contributed by atoms with Gasteiger partial charge in [-0.25, -0.2) is 0 Å². The van der Waals surface area contributed by atoms with Gasteiger partial charge in [0.15, 0.2) is 5.82 Å². The molecule has 1 amide bonds. The van der Waals surface area contributed by atoms with E-state index in [-0.39, 0.29) is 11.9 Å². The van der Waals surface area contributed by atoms with E-state index in [2.05, 4.69) is 47.3 Å². The van der Waals surface area contributed by atoms with Crippen LogP contribution in [-0.2, 0) is 24.2 Å². The summed E-state index contributed by atoms with van der Waals surface area (Å²) in [4.78, 5) is 22.5. The fraction of sp³-hybridized carbons (Fsp3) is 0.650. The Morgan fingerprint density at radius 1 is 1.48 bits per heavy atom. The normalized spacial score (nSPS) is 17.7. The van der Waals surface area contributed by atoms with Crippen LogP contribution in [-0.4, -0.2) is 51.5 Å². The van der Waals surface area contributed by atoms with E-state index in [1.807, 2.05) is 16.2 Å². The Balaban J connectivity index is 1.54. The molecule has 1 aliphatic heterocycles. The largest absolute Gasteiger partial charge is 0.339 e. The maximum Gasteiger partial charge on any atom is 0.226 e. The standard InChI is InChI=1S/C20H30N4O2S/c1-14(2)11-20-21-19(22-26-20)6-9-24(16(4)25)17-5-8-23(12-17)13-18-15(3)7-10-27-18/h7,10,14,17H,5-6,8-9,11-13H2,1-4H3. The predicted molar refractivity (Wildman–Crippen MR) is 107 cm³/mol. The summed E-state index contributed by atoms with van der Waals surface area (Å²) in [7, 11) is 0. The van der Waals surface area contributed by atoms with Crippen molar-refractivity contribution >= 4 is 17.2 Å². The first-order valence-corrected chi connectivity index (χ1v) is 10.6. The maximum atomic E-state index is 12.2. The molecule has 0 spiro atoms. The topological polar surface area (TPSA) is 62.5 Å². The fourth-order valence-corrected chi connectivity index (χ4v) is 4.57. The quantitative estimate of drug-likeness (QED) is 0.692. The Bertz CT molecular complexity index is 755. The lowest BCUT2D eigenvalue weighted by Crippen LogP contribution is -2.42. The average Bonchev–Trinajstić information content (AvgIpc) is 3.31. The number of amides is 1. The second-order valence-corrected chi connectivity index (χ2v) is 8.87. The van der Waals surface area contributed by atoms with E-state index in [1.165, 1.54) is 10.4 Å². The van der Waals surface area contributed by atoms with Gasteiger partial charge in [0.1, 0.15) is 0 Å². The zero-order valence-corrected chi connectivity index (χ0v) is 17.6. The highest BCUT2D eigenvalue weighted by atomic mass is 32.1. The van der Waals surface area contributed by atoms with Crippen LogP contribution in [0.25, 0.3) is 0 Å². The molecule has 7 heteroatoms. The van der Waals surface area contributed by atoms with Crippen molar-refractivity contribution in [2.75, 3.05) is 19.6 Å². The minimum atomic E-state index is 0.125. The molecule has 0 aliphatic carbocycles. The fourth-order valence-electron chi connectivity index (χ4n) is 3.62. The van der Waals surface area contributed by atoms with Crippen LogP contribution in [0.5, 0.6) is 0 Å². The van der Waals surface area contributed by atoms with Gasteiger partial charge in [-0.2, -0.15) is 4.98 Å². The number of aryl methyl sites for hydroxylation is 1. The van der Waals surface area contributed by atoms with Gasteiger partial charge in [-0.3, -0.25) is 9.69 Å². The van der Waals surface area contributed by atoms with E-state index in [9.17, 15) is 4.79 Å². The first kappa shape index (κ1) is 20.0. The highest BCUT2D eigenvalue weighted by Crippen LogP contribution is 2.23. The molecule has 1 fully saturated rings. The van der Waals surface area contributed by atoms with E-state index < -0.39 is 0 Å². The Morgan fingerprint density at radius 3 is 2.96 bits per heavy atom. The summed E-state index contributed by atoms with van der Waals surface area (Å²) in [5, 5.41) is 6.22. The van der Waals surface area contributed by atoms with Gasteiger partial charge in [0, 0.05) is 56.9 Å². The monoisotopic (exact) mass is 390 g/mol. The highest BCUT2D eigenvalue weighted by molar-refractivity contribution is 7.10. The summed E-state index contributed by atoms with van der Waals surface area (Å²) in [6.07, 6.45) is 2.46. The van der Waals surface area contributed by atoms with Crippen LogP contribution in [0.3, 0.4) is 0 Å². The third-order valence-corrected chi connectivity index (χ3v) is 6.11. The summed E-state index contributed by atoms with van der Waals surface area (Å²) in [5.41, 5.74) is 1.36. The van der Waals surface area contributed by atoms with E-state index in [1.54, 1.807) is 6.92 Å². The van der Waals surface area contributed by atoms with Crippen molar-refractivity contribution in [3.05, 3.63) is 33.6 Å². The molecule has 2 aromatic rings. The van der Waals surface area contributed by atoms with Gasteiger partial charge in [-0.1, -0.05) is 19.0 Å². The zero-order valence-electron chi connectivity index (χ0n) is 16.8. The first-order valence-electron chi connectivity index (χ1n) is 9.76. The third kappa shape index (κ3) is 5.39. The molecule has 0 radical (unpaired) electrons. The summed E-state index contributed by atoms with van der Waals surface area (Å²) in [6, 6.07) is 2.44. The highest BCUT2D eigenvalue weighted by Gasteiger charge is 2.29. The molecule has 1 saturated heterocycles. The van der Waals surface area contributed by atoms with E-state index in [4.69, 9.17) is 4.52 Å². The molecule has 3 heterocycles. The van der Waals surface area contributed by atoms with Gasteiger partial charge in [0.25, 0.3) is 0 Å². The molecule has 0 saturated carbocycles. The lowest BCUT2D eigenvalue weighted by Gasteiger charge is -2.27. The lowest BCUT2D eigenvalue weighted by atomic mass is 10.1. The van der Waals surface area contributed by atoms with Crippen molar-refractivity contribution in [2.45, 2.75) is 59.5 Å². The number of carbonyl (C=O) groups is 1. The third-order valence-electron chi connectivity index (χ3n) is 5.10. The van der Waals surface area contributed by atoms with Crippen molar-refractivity contribution in [1.82, 2.24) is 19.9 Å². The summed E-state index contributed by atoms with van der Waals surface area (Å²) >= 11 is 1.82. The van der Waals surface area contributed by atoms with Gasteiger partial charge >= 0.3 is 0 Å². The summed E-state index contributed by atoms with van der Waals surface area (Å²) in [6.45, 7) is 11.7. The molecular weight excluding hydrogens is 360 g/mol. The van der Waals surface area contributed by atoms with Crippen molar-refractivity contribution in [2.24, 2.45) is 5.92 Å². The van der Waals surface area contributed by atoms with Crippen LogP contribution in [0.2, 0.25) is 0 Å². The van der Waals surface area contributed by atoms with Crippen molar-refractivity contribution < 1.29 is 9.32 Å². The molecule has 2 aromatic heterocycles. The maximum absolute atomic E-state index is 12.2. The second-order valence-electron chi connectivity index (χ2n) is 7.87. The number of rotatable bonds is 8. The number of likely N-dealkylation sites (tertiary alicyclic amines) is 1. The number of hydrogen-bond acceptors (Lipinski definition) is 6. The van der Waals surface area contributed by atoms with E-state index in [0.29, 0.717) is 30.6 Å². The van der Waals surface area contributed by atoms with Gasteiger partial charge < -0.3 is 9.42 Å². The molecule has 0 aromatic carbocycles. The first-order chi connectivity index (χ1) is 12.9. The number of carbonyl (C=O) groups excluding carboxylic acids is 1. The number of thiophene rings is 1. The molecule has 6 nitrogen and oxygen atoms in total. The predicted octanol–water partition coefficient (Wildman–Crippen LogP) is 3.30. The number of aromatic nitrogens is 2. The summed E-state index contributed by atoms with van der Waals surface area (Å²) in [5.74, 6) is 2.00. The van der Waals surface area contributed by atoms with Gasteiger partial charge in [0.05, 0.1) is 0 Å². The van der Waals surface area contributed by atoms with Crippen molar-refractivity contribution in [3.63, 3.8) is 0 Å². The summed E-state index contributed by atoms with van der Waals surface area (Å²) < 4.78 is 5.31. The van der Waals surface area contributed by atoms with Crippen LogP contribution >= 0.6 is 11.3 Å². The van der Waals surface area contributed by atoms with Crippen LogP contribution < -0.4 is 0 Å². The Hall–Kier alpha value is -1.73. The Morgan fingerprint density at radius 2 is 2.30 bits per heavy atom. The molecule has 0 N–H and O–H groups in total. The average molecular weight is 391 g/mol. The number of hydrogen-bond donors (Lipinski definition) is 0. The SMILES string of the molecule is CC(=O)N(CCc1noc(CC(C)C)n1)C1CCN(Cc2sccc2C)C1. The Labute approximate surface area is 165 Å². The van der Waals surface area contributed by atoms with Crippen LogP contribution in [0.4, 0.5) is 0 Å². The second kappa shape index (κ2) is 8.97. The van der Waals surface area contributed by atoms with Crippen LogP contribution in [0.15, 0.2) is 16.0 Å². The molecule has 1 unspecified atom stereocenters. The minimum absolute atomic E-state index is 0.125. The Kier molecular flexibility index (Phi) is 6.65. The molecular formula is C20H30N4O2S. The number of nitrogens with zero attached hydrogens (tertiary/aromatic N) is 4. The molecule has 0 bridgehead atoms. The molecule has 148 valence electrons. The van der Waals surface area contributed by atoms with E-state index >= 15 is 0 Å². The van der Waals surface area contributed by atoms with Crippen molar-refractivity contribution in [1.29, 1.82) is 0 Å².